The number of benzene rings is 1. The molecule has 1 aromatic heterocycles. The highest BCUT2D eigenvalue weighted by molar-refractivity contribution is 7.10. The molecular weight excluding hydrogens is 346 g/mol. The standard InChI is InChI=1S/C16H13N3O5S/c20-13(18-7-14(21)22)8-19-15(23)12(25-16(19)24)5-9-6-17-11-4-2-1-3-10(9)11/h1-6,23H,7-8H2,(H,18,20)(H,21,22)/b9-5+. The molecule has 0 atom stereocenters. The molecule has 9 heteroatoms. The van der Waals surface area contributed by atoms with Crippen molar-refractivity contribution >= 4 is 46.8 Å². The van der Waals surface area contributed by atoms with Crippen molar-refractivity contribution in [1.29, 1.82) is 0 Å². The SMILES string of the molecule is O=C(O)CNC(=O)Cn1c(O)c(/C=C2\C=Nc3ccccc32)sc1=O. The number of aliphatic imine (C=N–C) groups is 1. The number of fused-ring (bicyclic) bond motifs is 1. The number of nitrogens with zero attached hydrogens (tertiary/aromatic N) is 2. The third kappa shape index (κ3) is 3.50. The van der Waals surface area contributed by atoms with E-state index in [1.807, 2.05) is 24.3 Å². The molecule has 0 bridgehead atoms. The maximum atomic E-state index is 12.0. The summed E-state index contributed by atoms with van der Waals surface area (Å²) >= 11 is 0.792. The Morgan fingerprint density at radius 2 is 2.08 bits per heavy atom. The molecule has 2 aromatic rings. The molecule has 0 unspecified atom stereocenters. The molecule has 0 spiro atoms. The van der Waals surface area contributed by atoms with Crippen LogP contribution in [-0.4, -0.2) is 39.4 Å². The highest BCUT2D eigenvalue weighted by Gasteiger charge is 2.18. The van der Waals surface area contributed by atoms with Crippen molar-refractivity contribution in [2.24, 2.45) is 4.99 Å². The van der Waals surface area contributed by atoms with Crippen molar-refractivity contribution < 1.29 is 19.8 Å². The Balaban J connectivity index is 1.85. The van der Waals surface area contributed by atoms with Crippen LogP contribution in [0, 0.1) is 0 Å². The molecular formula is C16H13N3O5S. The zero-order valence-electron chi connectivity index (χ0n) is 12.8. The number of thiazole rings is 1. The van der Waals surface area contributed by atoms with Gasteiger partial charge in [0.1, 0.15) is 13.1 Å². The van der Waals surface area contributed by atoms with Gasteiger partial charge in [0.25, 0.3) is 0 Å². The number of hydrogen-bond acceptors (Lipinski definition) is 6. The van der Waals surface area contributed by atoms with E-state index in [0.29, 0.717) is 4.88 Å². The number of aromatic hydroxyl groups is 1. The Hall–Kier alpha value is -3.20. The number of para-hydroxylation sites is 1. The van der Waals surface area contributed by atoms with Crippen molar-refractivity contribution in [2.75, 3.05) is 6.54 Å². The van der Waals surface area contributed by atoms with Crippen molar-refractivity contribution in [3.8, 4) is 5.88 Å². The Kier molecular flexibility index (Phi) is 4.48. The number of carbonyl (C=O) groups is 2. The van der Waals surface area contributed by atoms with Crippen LogP contribution in [0.4, 0.5) is 5.69 Å². The molecule has 0 saturated carbocycles. The Morgan fingerprint density at radius 1 is 1.32 bits per heavy atom. The zero-order valence-corrected chi connectivity index (χ0v) is 13.6. The van der Waals surface area contributed by atoms with Crippen LogP contribution in [0.2, 0.25) is 0 Å². The Morgan fingerprint density at radius 3 is 2.84 bits per heavy atom. The molecule has 0 fully saturated rings. The lowest BCUT2D eigenvalue weighted by atomic mass is 10.1. The van der Waals surface area contributed by atoms with Gasteiger partial charge in [0.05, 0.1) is 10.6 Å². The Bertz CT molecular complexity index is 970. The van der Waals surface area contributed by atoms with E-state index >= 15 is 0 Å². The first-order valence-electron chi connectivity index (χ1n) is 7.22. The van der Waals surface area contributed by atoms with Crippen LogP contribution >= 0.6 is 11.3 Å². The smallest absolute Gasteiger partial charge is 0.322 e. The van der Waals surface area contributed by atoms with Gasteiger partial charge in [-0.05, 0) is 12.1 Å². The quantitative estimate of drug-likeness (QED) is 0.737. The molecule has 1 aliphatic rings. The number of carboxylic acids is 1. The van der Waals surface area contributed by atoms with Crippen LogP contribution in [0.3, 0.4) is 0 Å². The third-order valence-electron chi connectivity index (χ3n) is 3.48. The summed E-state index contributed by atoms with van der Waals surface area (Å²) in [4.78, 5) is 38.1. The first-order chi connectivity index (χ1) is 12.0. The molecule has 1 aromatic carbocycles. The maximum Gasteiger partial charge on any atom is 0.322 e. The first kappa shape index (κ1) is 16.7. The van der Waals surface area contributed by atoms with Crippen LogP contribution in [-0.2, 0) is 16.1 Å². The molecule has 8 nitrogen and oxygen atoms in total. The number of hydrogen-bond donors (Lipinski definition) is 3. The van der Waals surface area contributed by atoms with Gasteiger partial charge in [-0.1, -0.05) is 29.5 Å². The monoisotopic (exact) mass is 359 g/mol. The number of aromatic nitrogens is 1. The van der Waals surface area contributed by atoms with E-state index in [1.165, 1.54) is 0 Å². The molecule has 3 rings (SSSR count). The lowest BCUT2D eigenvalue weighted by Crippen LogP contribution is -2.33. The van der Waals surface area contributed by atoms with Gasteiger partial charge in [0.2, 0.25) is 11.8 Å². The van der Waals surface area contributed by atoms with Gasteiger partial charge >= 0.3 is 10.8 Å². The minimum atomic E-state index is -1.19. The van der Waals surface area contributed by atoms with E-state index in [-0.39, 0.29) is 5.88 Å². The van der Waals surface area contributed by atoms with Crippen LogP contribution < -0.4 is 10.2 Å². The average Bonchev–Trinajstić information content (AvgIpc) is 3.10. The van der Waals surface area contributed by atoms with E-state index in [9.17, 15) is 19.5 Å². The molecule has 0 saturated heterocycles. The minimum Gasteiger partial charge on any atom is -0.493 e. The summed E-state index contributed by atoms with van der Waals surface area (Å²) in [7, 11) is 0. The highest BCUT2D eigenvalue weighted by atomic mass is 32.1. The van der Waals surface area contributed by atoms with Gasteiger partial charge in [-0.2, -0.15) is 0 Å². The molecule has 1 amide bonds. The molecule has 0 radical (unpaired) electrons. The van der Waals surface area contributed by atoms with Gasteiger partial charge < -0.3 is 15.5 Å². The van der Waals surface area contributed by atoms with E-state index in [4.69, 9.17) is 5.11 Å². The molecule has 2 heterocycles. The number of aliphatic carboxylic acids is 1. The van der Waals surface area contributed by atoms with Gasteiger partial charge in [0.15, 0.2) is 0 Å². The Labute approximate surface area is 145 Å². The number of carboxylic acid groups (broad SMARTS) is 1. The van der Waals surface area contributed by atoms with E-state index in [1.54, 1.807) is 12.3 Å². The molecule has 3 N–H and O–H groups in total. The van der Waals surface area contributed by atoms with Crippen LogP contribution in [0.25, 0.3) is 11.6 Å². The molecule has 0 aliphatic carbocycles. The van der Waals surface area contributed by atoms with Crippen LogP contribution in [0.5, 0.6) is 5.88 Å². The second kappa shape index (κ2) is 6.73. The summed E-state index contributed by atoms with van der Waals surface area (Å²) in [5.74, 6) is -2.21. The highest BCUT2D eigenvalue weighted by Crippen LogP contribution is 2.34. The fourth-order valence-corrected chi connectivity index (χ4v) is 3.15. The van der Waals surface area contributed by atoms with E-state index in [0.717, 1.165) is 32.7 Å². The summed E-state index contributed by atoms with van der Waals surface area (Å²) in [5.41, 5.74) is 2.43. The first-order valence-corrected chi connectivity index (χ1v) is 8.03. The predicted octanol–water partition coefficient (Wildman–Crippen LogP) is 1.07. The normalized spacial score (nSPS) is 13.8. The average molecular weight is 359 g/mol. The number of allylic oxidation sites excluding steroid dienone is 1. The second-order valence-corrected chi connectivity index (χ2v) is 6.18. The summed E-state index contributed by atoms with van der Waals surface area (Å²) < 4.78 is 0.895. The number of amides is 1. The van der Waals surface area contributed by atoms with E-state index < -0.39 is 29.8 Å². The molecule has 1 aliphatic heterocycles. The fraction of sp³-hybridized carbons (Fsp3) is 0.125. The number of nitrogens with one attached hydrogen (secondary N) is 1. The van der Waals surface area contributed by atoms with Gasteiger partial charge in [-0.3, -0.25) is 23.9 Å². The number of carbonyl (C=O) groups excluding carboxylic acids is 1. The lowest BCUT2D eigenvalue weighted by Gasteiger charge is -2.04. The third-order valence-corrected chi connectivity index (χ3v) is 4.39. The summed E-state index contributed by atoms with van der Waals surface area (Å²) in [6.45, 7) is -1.01. The number of rotatable bonds is 5. The van der Waals surface area contributed by atoms with Crippen molar-refractivity contribution in [2.45, 2.75) is 6.54 Å². The second-order valence-electron chi connectivity index (χ2n) is 5.19. The van der Waals surface area contributed by atoms with Gasteiger partial charge in [0, 0.05) is 17.4 Å². The molecule has 128 valence electrons. The largest absolute Gasteiger partial charge is 0.493 e. The maximum absolute atomic E-state index is 12.0. The van der Waals surface area contributed by atoms with Crippen LogP contribution in [0.15, 0.2) is 34.1 Å². The predicted molar refractivity (Wildman–Crippen MR) is 93.4 cm³/mol. The summed E-state index contributed by atoms with van der Waals surface area (Å²) in [5, 5.41) is 20.9. The van der Waals surface area contributed by atoms with Crippen LogP contribution in [0.1, 0.15) is 10.4 Å². The van der Waals surface area contributed by atoms with E-state index in [2.05, 4.69) is 10.3 Å². The topological polar surface area (TPSA) is 121 Å². The summed E-state index contributed by atoms with van der Waals surface area (Å²) in [6, 6.07) is 7.46. The lowest BCUT2D eigenvalue weighted by molar-refractivity contribution is -0.138. The molecule has 25 heavy (non-hydrogen) atoms. The van der Waals surface area contributed by atoms with Gasteiger partial charge in [-0.15, -0.1) is 0 Å². The fourth-order valence-electron chi connectivity index (χ4n) is 2.32. The minimum absolute atomic E-state index is 0.300. The zero-order chi connectivity index (χ0) is 18.0. The van der Waals surface area contributed by atoms with Crippen molar-refractivity contribution in [1.82, 2.24) is 9.88 Å². The van der Waals surface area contributed by atoms with Crippen molar-refractivity contribution in [3.63, 3.8) is 0 Å². The van der Waals surface area contributed by atoms with Gasteiger partial charge in [-0.25, -0.2) is 0 Å². The van der Waals surface area contributed by atoms with Crippen molar-refractivity contribution in [3.05, 3.63) is 44.4 Å². The summed E-state index contributed by atoms with van der Waals surface area (Å²) in [6.07, 6.45) is 3.26.